The van der Waals surface area contributed by atoms with E-state index >= 15 is 0 Å². The molecule has 1 N–H and O–H groups in total. The van der Waals surface area contributed by atoms with Crippen molar-refractivity contribution in [2.45, 2.75) is 25.2 Å². The molecule has 1 aliphatic rings. The van der Waals surface area contributed by atoms with Crippen LogP contribution in [-0.2, 0) is 9.47 Å². The Morgan fingerprint density at radius 3 is 2.73 bits per heavy atom. The number of aliphatic hydroxyl groups is 1. The molecule has 11 heavy (non-hydrogen) atoms. The van der Waals surface area contributed by atoms with E-state index in [2.05, 4.69) is 5.92 Å². The number of hydrogen-bond acceptors (Lipinski definition) is 3. The number of terminal acetylenes is 1. The Morgan fingerprint density at radius 1 is 1.55 bits per heavy atom. The zero-order valence-corrected chi connectivity index (χ0v) is 6.32. The zero-order chi connectivity index (χ0) is 8.10. The molecule has 0 aromatic rings. The molecule has 1 rings (SSSR count). The molecule has 1 aliphatic heterocycles. The standard InChI is InChI=1S/C8H12O3/c1-2-3-7(9)6-8-10-4-5-11-8/h1,7-9H,3-6H2. The lowest BCUT2D eigenvalue weighted by Gasteiger charge is -2.11. The molecule has 3 heteroatoms. The molecule has 62 valence electrons. The lowest BCUT2D eigenvalue weighted by atomic mass is 10.2. The minimum absolute atomic E-state index is 0.252. The van der Waals surface area contributed by atoms with E-state index in [1.807, 2.05) is 0 Å². The third kappa shape index (κ3) is 2.89. The van der Waals surface area contributed by atoms with Crippen LogP contribution in [0.15, 0.2) is 0 Å². The van der Waals surface area contributed by atoms with Gasteiger partial charge in [-0.25, -0.2) is 0 Å². The fraction of sp³-hybridized carbons (Fsp3) is 0.750. The van der Waals surface area contributed by atoms with Crippen molar-refractivity contribution in [1.29, 1.82) is 0 Å². The Labute approximate surface area is 66.3 Å². The van der Waals surface area contributed by atoms with Crippen LogP contribution < -0.4 is 0 Å². The van der Waals surface area contributed by atoms with Gasteiger partial charge in [0.25, 0.3) is 0 Å². The van der Waals surface area contributed by atoms with E-state index in [9.17, 15) is 5.11 Å². The minimum Gasteiger partial charge on any atom is -0.392 e. The first-order valence-electron chi connectivity index (χ1n) is 3.67. The molecule has 0 amide bonds. The second kappa shape index (κ2) is 4.35. The summed E-state index contributed by atoms with van der Waals surface area (Å²) in [5.41, 5.74) is 0. The largest absolute Gasteiger partial charge is 0.392 e. The van der Waals surface area contributed by atoms with Crippen molar-refractivity contribution >= 4 is 0 Å². The molecular weight excluding hydrogens is 144 g/mol. The molecule has 1 heterocycles. The zero-order valence-electron chi connectivity index (χ0n) is 6.32. The van der Waals surface area contributed by atoms with Crippen molar-refractivity contribution in [2.24, 2.45) is 0 Å². The van der Waals surface area contributed by atoms with Crippen LogP contribution in [-0.4, -0.2) is 30.7 Å². The van der Waals surface area contributed by atoms with Crippen LogP contribution >= 0.6 is 0 Å². The second-order valence-corrected chi connectivity index (χ2v) is 2.47. The molecular formula is C8H12O3. The van der Waals surface area contributed by atoms with Crippen molar-refractivity contribution < 1.29 is 14.6 Å². The topological polar surface area (TPSA) is 38.7 Å². The van der Waals surface area contributed by atoms with E-state index in [-0.39, 0.29) is 6.29 Å². The predicted molar refractivity (Wildman–Crippen MR) is 39.8 cm³/mol. The van der Waals surface area contributed by atoms with Gasteiger partial charge in [-0.15, -0.1) is 12.3 Å². The Bertz CT molecular complexity index is 144. The summed E-state index contributed by atoms with van der Waals surface area (Å²) in [6.07, 6.45) is 5.10. The number of ether oxygens (including phenoxy) is 2. The van der Waals surface area contributed by atoms with Crippen molar-refractivity contribution in [3.8, 4) is 12.3 Å². The molecule has 0 radical (unpaired) electrons. The van der Waals surface area contributed by atoms with E-state index in [1.165, 1.54) is 0 Å². The monoisotopic (exact) mass is 156 g/mol. The van der Waals surface area contributed by atoms with Gasteiger partial charge in [0.15, 0.2) is 6.29 Å². The van der Waals surface area contributed by atoms with Gasteiger partial charge in [-0.2, -0.15) is 0 Å². The lowest BCUT2D eigenvalue weighted by molar-refractivity contribution is -0.0691. The molecule has 3 nitrogen and oxygen atoms in total. The first kappa shape index (κ1) is 8.54. The third-order valence-electron chi connectivity index (χ3n) is 1.51. The summed E-state index contributed by atoms with van der Waals surface area (Å²) in [7, 11) is 0. The summed E-state index contributed by atoms with van der Waals surface area (Å²) in [5, 5.41) is 9.21. The maximum atomic E-state index is 9.21. The van der Waals surface area contributed by atoms with Crippen LogP contribution in [0.5, 0.6) is 0 Å². The van der Waals surface area contributed by atoms with Crippen molar-refractivity contribution in [3.63, 3.8) is 0 Å². The van der Waals surface area contributed by atoms with Crippen LogP contribution in [0.1, 0.15) is 12.8 Å². The van der Waals surface area contributed by atoms with Gasteiger partial charge in [0.1, 0.15) is 0 Å². The summed E-state index contributed by atoms with van der Waals surface area (Å²) in [6, 6.07) is 0. The molecule has 0 aliphatic carbocycles. The first-order chi connectivity index (χ1) is 5.33. The number of rotatable bonds is 3. The van der Waals surface area contributed by atoms with Gasteiger partial charge < -0.3 is 14.6 Å². The maximum absolute atomic E-state index is 9.21. The van der Waals surface area contributed by atoms with Crippen LogP contribution in [0, 0.1) is 12.3 Å². The molecule has 0 aromatic carbocycles. The molecule has 1 fully saturated rings. The van der Waals surface area contributed by atoms with E-state index in [0.29, 0.717) is 26.1 Å². The smallest absolute Gasteiger partial charge is 0.160 e. The molecule has 0 bridgehead atoms. The molecule has 0 aromatic heterocycles. The van der Waals surface area contributed by atoms with Gasteiger partial charge in [0.2, 0.25) is 0 Å². The highest BCUT2D eigenvalue weighted by atomic mass is 16.7. The summed E-state index contributed by atoms with van der Waals surface area (Å²) in [5.74, 6) is 2.38. The number of aliphatic hydroxyl groups excluding tert-OH is 1. The van der Waals surface area contributed by atoms with Crippen LogP contribution in [0.2, 0.25) is 0 Å². The Kier molecular flexibility index (Phi) is 3.37. The first-order valence-corrected chi connectivity index (χ1v) is 3.67. The van der Waals surface area contributed by atoms with E-state index in [1.54, 1.807) is 0 Å². The van der Waals surface area contributed by atoms with Gasteiger partial charge in [-0.05, 0) is 0 Å². The van der Waals surface area contributed by atoms with Crippen LogP contribution in [0.25, 0.3) is 0 Å². The highest BCUT2D eigenvalue weighted by Gasteiger charge is 2.19. The van der Waals surface area contributed by atoms with Crippen LogP contribution in [0.3, 0.4) is 0 Å². The van der Waals surface area contributed by atoms with Gasteiger partial charge in [-0.1, -0.05) is 0 Å². The fourth-order valence-corrected chi connectivity index (χ4v) is 0.985. The van der Waals surface area contributed by atoms with Crippen molar-refractivity contribution in [2.75, 3.05) is 13.2 Å². The quantitative estimate of drug-likeness (QED) is 0.590. The SMILES string of the molecule is C#CCC(O)CC1OCCO1. The normalized spacial score (nSPS) is 21.5. The molecule has 0 spiro atoms. The van der Waals surface area contributed by atoms with Gasteiger partial charge in [-0.3, -0.25) is 0 Å². The van der Waals surface area contributed by atoms with Gasteiger partial charge in [0, 0.05) is 12.8 Å². The lowest BCUT2D eigenvalue weighted by Crippen LogP contribution is -2.17. The summed E-state index contributed by atoms with van der Waals surface area (Å²) in [4.78, 5) is 0. The Balaban J connectivity index is 2.14. The molecule has 1 saturated heterocycles. The van der Waals surface area contributed by atoms with Gasteiger partial charge in [0.05, 0.1) is 19.3 Å². The molecule has 0 saturated carbocycles. The number of hydrogen-bond donors (Lipinski definition) is 1. The Hall–Kier alpha value is -0.560. The van der Waals surface area contributed by atoms with E-state index in [4.69, 9.17) is 15.9 Å². The minimum atomic E-state index is -0.497. The predicted octanol–water partition coefficient (Wildman–Crippen LogP) is 0.134. The second-order valence-electron chi connectivity index (χ2n) is 2.47. The van der Waals surface area contributed by atoms with Crippen molar-refractivity contribution in [1.82, 2.24) is 0 Å². The molecule has 1 atom stereocenters. The highest BCUT2D eigenvalue weighted by Crippen LogP contribution is 2.11. The third-order valence-corrected chi connectivity index (χ3v) is 1.51. The fourth-order valence-electron chi connectivity index (χ4n) is 0.985. The van der Waals surface area contributed by atoms with E-state index < -0.39 is 6.10 Å². The average Bonchev–Trinajstić information content (AvgIpc) is 2.40. The summed E-state index contributed by atoms with van der Waals surface area (Å²) in [6.45, 7) is 1.24. The Morgan fingerprint density at radius 2 is 2.18 bits per heavy atom. The van der Waals surface area contributed by atoms with Gasteiger partial charge >= 0.3 is 0 Å². The van der Waals surface area contributed by atoms with Crippen molar-refractivity contribution in [3.05, 3.63) is 0 Å². The average molecular weight is 156 g/mol. The van der Waals surface area contributed by atoms with Crippen LogP contribution in [0.4, 0.5) is 0 Å². The molecule has 1 unspecified atom stereocenters. The summed E-state index contributed by atoms with van der Waals surface area (Å²) < 4.78 is 10.2. The maximum Gasteiger partial charge on any atom is 0.160 e. The summed E-state index contributed by atoms with van der Waals surface area (Å²) >= 11 is 0. The highest BCUT2D eigenvalue weighted by molar-refractivity contribution is 4.87. The van der Waals surface area contributed by atoms with E-state index in [0.717, 1.165) is 0 Å².